The van der Waals surface area contributed by atoms with E-state index >= 15 is 0 Å². The van der Waals surface area contributed by atoms with Crippen LogP contribution in [-0.2, 0) is 14.9 Å². The Labute approximate surface area is 178 Å². The lowest BCUT2D eigenvalue weighted by atomic mass is 9.92. The molecule has 0 aromatic heterocycles. The molecule has 1 heterocycles. The molecule has 0 radical (unpaired) electrons. The fourth-order valence-corrected chi connectivity index (χ4v) is 4.53. The van der Waals surface area contributed by atoms with Gasteiger partial charge in [-0.15, -0.1) is 0 Å². The Bertz CT molecular complexity index is 770. The van der Waals surface area contributed by atoms with Crippen molar-refractivity contribution in [3.05, 3.63) is 34.9 Å². The number of halogens is 1. The van der Waals surface area contributed by atoms with Crippen molar-refractivity contribution >= 4 is 23.6 Å². The van der Waals surface area contributed by atoms with Crippen molar-refractivity contribution in [1.82, 2.24) is 9.80 Å². The SMILES string of the molecule is CC(C)(C)OC(=O)N1CCC(N(C(=O)C2(c3ccc(Cl)cc3)CC2)C2CC2)CC1. The van der Waals surface area contributed by atoms with Gasteiger partial charge in [-0.3, -0.25) is 4.79 Å². The summed E-state index contributed by atoms with van der Waals surface area (Å²) in [5, 5.41) is 0.700. The summed E-state index contributed by atoms with van der Waals surface area (Å²) in [5.41, 5.74) is 0.236. The van der Waals surface area contributed by atoms with Crippen molar-refractivity contribution in [2.45, 2.75) is 82.4 Å². The highest BCUT2D eigenvalue weighted by molar-refractivity contribution is 6.30. The molecule has 4 rings (SSSR count). The van der Waals surface area contributed by atoms with Gasteiger partial charge in [0.05, 0.1) is 5.41 Å². The Kier molecular flexibility index (Phi) is 5.30. The number of ether oxygens (including phenoxy) is 1. The number of rotatable bonds is 4. The van der Waals surface area contributed by atoms with E-state index in [2.05, 4.69) is 4.90 Å². The van der Waals surface area contributed by atoms with E-state index in [9.17, 15) is 9.59 Å². The number of piperidine rings is 1. The molecule has 2 amide bonds. The van der Waals surface area contributed by atoms with Crippen molar-refractivity contribution < 1.29 is 14.3 Å². The molecule has 1 aromatic rings. The summed E-state index contributed by atoms with van der Waals surface area (Å²) in [5.74, 6) is 0.276. The lowest BCUT2D eigenvalue weighted by molar-refractivity contribution is -0.138. The van der Waals surface area contributed by atoms with Crippen LogP contribution in [0, 0.1) is 0 Å². The topological polar surface area (TPSA) is 49.9 Å². The van der Waals surface area contributed by atoms with Crippen LogP contribution in [0.5, 0.6) is 0 Å². The first kappa shape index (κ1) is 20.5. The fraction of sp³-hybridized carbons (Fsp3) is 0.652. The van der Waals surface area contributed by atoms with Gasteiger partial charge in [-0.05, 0) is 77.0 Å². The summed E-state index contributed by atoms with van der Waals surface area (Å²) in [6.07, 6.45) is 5.39. The van der Waals surface area contributed by atoms with Crippen LogP contribution in [0.15, 0.2) is 24.3 Å². The van der Waals surface area contributed by atoms with Gasteiger partial charge >= 0.3 is 6.09 Å². The van der Waals surface area contributed by atoms with Crippen molar-refractivity contribution in [2.75, 3.05) is 13.1 Å². The summed E-state index contributed by atoms with van der Waals surface area (Å²) in [6, 6.07) is 8.34. The van der Waals surface area contributed by atoms with Crippen molar-refractivity contribution in [2.24, 2.45) is 0 Å². The van der Waals surface area contributed by atoms with E-state index < -0.39 is 5.60 Å². The van der Waals surface area contributed by atoms with Gasteiger partial charge in [-0.2, -0.15) is 0 Å². The zero-order chi connectivity index (χ0) is 20.8. The molecule has 0 N–H and O–H groups in total. The Hall–Kier alpha value is -1.75. The van der Waals surface area contributed by atoms with E-state index in [4.69, 9.17) is 16.3 Å². The average Bonchev–Trinajstić information content (AvgIpc) is 3.56. The van der Waals surface area contributed by atoms with Gasteiger partial charge in [0, 0.05) is 30.2 Å². The molecule has 2 aliphatic carbocycles. The summed E-state index contributed by atoms with van der Waals surface area (Å²) < 4.78 is 5.51. The molecule has 1 aromatic carbocycles. The Morgan fingerprint density at radius 1 is 1.03 bits per heavy atom. The van der Waals surface area contributed by atoms with Crippen LogP contribution < -0.4 is 0 Å². The number of carbonyl (C=O) groups is 2. The van der Waals surface area contributed by atoms with Crippen LogP contribution in [0.25, 0.3) is 0 Å². The predicted octanol–water partition coefficient (Wildman–Crippen LogP) is 4.76. The third-order valence-corrected chi connectivity index (χ3v) is 6.49. The second kappa shape index (κ2) is 7.50. The van der Waals surface area contributed by atoms with Crippen molar-refractivity contribution in [3.8, 4) is 0 Å². The quantitative estimate of drug-likeness (QED) is 0.708. The van der Waals surface area contributed by atoms with Gasteiger partial charge < -0.3 is 14.5 Å². The summed E-state index contributed by atoms with van der Waals surface area (Å²) in [7, 11) is 0. The van der Waals surface area contributed by atoms with Gasteiger partial charge in [-0.25, -0.2) is 4.79 Å². The highest BCUT2D eigenvalue weighted by Gasteiger charge is 2.56. The molecule has 5 nitrogen and oxygen atoms in total. The summed E-state index contributed by atoms with van der Waals surface area (Å²) in [4.78, 5) is 30.0. The number of benzene rings is 1. The molecule has 3 aliphatic rings. The predicted molar refractivity (Wildman–Crippen MR) is 113 cm³/mol. The largest absolute Gasteiger partial charge is 0.444 e. The van der Waals surface area contributed by atoms with Gasteiger partial charge in [0.2, 0.25) is 5.91 Å². The lowest BCUT2D eigenvalue weighted by Gasteiger charge is -2.40. The molecule has 1 aliphatic heterocycles. The summed E-state index contributed by atoms with van der Waals surface area (Å²) >= 11 is 6.05. The van der Waals surface area contributed by atoms with Gasteiger partial charge in [0.1, 0.15) is 5.60 Å². The maximum Gasteiger partial charge on any atom is 0.410 e. The minimum absolute atomic E-state index is 0.207. The highest BCUT2D eigenvalue weighted by atomic mass is 35.5. The van der Waals surface area contributed by atoms with Crippen LogP contribution in [0.1, 0.15) is 64.9 Å². The maximum absolute atomic E-state index is 13.7. The Morgan fingerprint density at radius 2 is 1.59 bits per heavy atom. The van der Waals surface area contributed by atoms with Crippen LogP contribution in [0.4, 0.5) is 4.79 Å². The first-order valence-electron chi connectivity index (χ1n) is 10.8. The second-order valence-corrected chi connectivity index (χ2v) is 10.2. The van der Waals surface area contributed by atoms with Crippen LogP contribution in [0.3, 0.4) is 0 Å². The number of hydrogen-bond acceptors (Lipinski definition) is 3. The minimum atomic E-state index is -0.485. The fourth-order valence-electron chi connectivity index (χ4n) is 4.40. The molecule has 2 saturated carbocycles. The van der Waals surface area contributed by atoms with Crippen LogP contribution in [-0.4, -0.2) is 52.6 Å². The van der Waals surface area contributed by atoms with Gasteiger partial charge in [0.15, 0.2) is 0 Å². The Balaban J connectivity index is 1.44. The lowest BCUT2D eigenvalue weighted by Crippen LogP contribution is -2.52. The van der Waals surface area contributed by atoms with Crippen LogP contribution >= 0.6 is 11.6 Å². The number of amides is 2. The first-order valence-corrected chi connectivity index (χ1v) is 11.1. The zero-order valence-electron chi connectivity index (χ0n) is 17.6. The number of carbonyl (C=O) groups excluding carboxylic acids is 2. The van der Waals surface area contributed by atoms with Crippen molar-refractivity contribution in [3.63, 3.8) is 0 Å². The molecular weight excluding hydrogens is 388 g/mol. The molecule has 0 spiro atoms. The smallest absolute Gasteiger partial charge is 0.410 e. The molecule has 158 valence electrons. The standard InChI is InChI=1S/C23H31ClN2O3/c1-22(2,3)29-21(28)25-14-10-19(11-15-25)26(18-8-9-18)20(27)23(12-13-23)16-4-6-17(24)7-5-16/h4-7,18-19H,8-15H2,1-3H3. The molecule has 6 heteroatoms. The number of likely N-dealkylation sites (tertiary alicyclic amines) is 1. The summed E-state index contributed by atoms with van der Waals surface area (Å²) in [6.45, 7) is 6.94. The average molecular weight is 419 g/mol. The zero-order valence-corrected chi connectivity index (χ0v) is 18.4. The van der Waals surface area contributed by atoms with E-state index in [0.29, 0.717) is 24.2 Å². The minimum Gasteiger partial charge on any atom is -0.444 e. The normalized spacial score (nSPS) is 21.6. The third kappa shape index (κ3) is 4.40. The number of nitrogens with zero attached hydrogens (tertiary/aromatic N) is 2. The van der Waals surface area contributed by atoms with Gasteiger partial charge in [-0.1, -0.05) is 23.7 Å². The third-order valence-electron chi connectivity index (χ3n) is 6.24. The van der Waals surface area contributed by atoms with E-state index in [1.54, 1.807) is 4.90 Å². The van der Waals surface area contributed by atoms with E-state index in [1.165, 1.54) is 0 Å². The van der Waals surface area contributed by atoms with E-state index in [1.807, 2.05) is 45.0 Å². The van der Waals surface area contributed by atoms with Gasteiger partial charge in [0.25, 0.3) is 0 Å². The molecule has 1 saturated heterocycles. The monoisotopic (exact) mass is 418 g/mol. The maximum atomic E-state index is 13.7. The molecule has 29 heavy (non-hydrogen) atoms. The van der Waals surface area contributed by atoms with E-state index in [0.717, 1.165) is 44.1 Å². The molecule has 0 bridgehead atoms. The highest BCUT2D eigenvalue weighted by Crippen LogP contribution is 2.51. The van der Waals surface area contributed by atoms with E-state index in [-0.39, 0.29) is 23.5 Å². The second-order valence-electron chi connectivity index (χ2n) is 9.73. The molecular formula is C23H31ClN2O3. The number of hydrogen-bond donors (Lipinski definition) is 0. The first-order chi connectivity index (χ1) is 13.7. The molecule has 0 unspecified atom stereocenters. The molecule has 3 fully saturated rings. The Morgan fingerprint density at radius 3 is 2.07 bits per heavy atom. The van der Waals surface area contributed by atoms with Crippen molar-refractivity contribution in [1.29, 1.82) is 0 Å². The van der Waals surface area contributed by atoms with Crippen LogP contribution in [0.2, 0.25) is 5.02 Å². The molecule has 0 atom stereocenters.